The first kappa shape index (κ1) is 7.95. The quantitative estimate of drug-likeness (QED) is 0.478. The third kappa shape index (κ3) is 1.05. The number of rotatable bonds is 3. The zero-order valence-corrected chi connectivity index (χ0v) is 6.20. The molecule has 1 aliphatic carbocycles. The van der Waals surface area contributed by atoms with Gasteiger partial charge in [-0.2, -0.15) is 4.99 Å². The number of carbonyl (C=O) groups excluding carboxylic acids is 1. The Hall–Kier alpha value is -1.15. The van der Waals surface area contributed by atoms with Gasteiger partial charge in [0.25, 0.3) is 0 Å². The van der Waals surface area contributed by atoms with Gasteiger partial charge in [-0.05, 0) is 12.3 Å². The zero-order chi connectivity index (χ0) is 8.48. The molecule has 0 saturated heterocycles. The predicted molar refractivity (Wildman–Crippen MR) is 36.9 cm³/mol. The van der Waals surface area contributed by atoms with Gasteiger partial charge >= 0.3 is 5.97 Å². The molecular weight excluding hydrogens is 146 g/mol. The fourth-order valence-electron chi connectivity index (χ4n) is 1.33. The Balaban J connectivity index is 2.78. The molecule has 1 N–H and O–H groups in total. The summed E-state index contributed by atoms with van der Waals surface area (Å²) in [7, 11) is 0. The fourth-order valence-corrected chi connectivity index (χ4v) is 1.33. The number of hydrogen-bond acceptors (Lipinski definition) is 3. The number of carbonyl (C=O) groups is 1. The molecule has 1 rings (SSSR count). The van der Waals surface area contributed by atoms with E-state index in [0.29, 0.717) is 6.42 Å². The largest absolute Gasteiger partial charge is 0.479 e. The minimum Gasteiger partial charge on any atom is -0.479 e. The van der Waals surface area contributed by atoms with Crippen molar-refractivity contribution in [1.82, 2.24) is 0 Å². The lowest BCUT2D eigenvalue weighted by Gasteiger charge is -2.00. The molecule has 0 heterocycles. The molecule has 0 aromatic carbocycles. The standard InChI is InChI=1S/C7H9NO3/c1-2-5-3-7(5,6(10)11)8-4-9/h5H,2-3H2,1H3,(H,10,11). The van der Waals surface area contributed by atoms with E-state index in [1.165, 1.54) is 6.08 Å². The number of aliphatic carboxylic acids is 1. The minimum absolute atomic E-state index is 0.0291. The Bertz CT molecular complexity index is 228. The van der Waals surface area contributed by atoms with Crippen LogP contribution >= 0.6 is 0 Å². The second kappa shape index (κ2) is 2.47. The third-order valence-corrected chi connectivity index (χ3v) is 2.18. The van der Waals surface area contributed by atoms with Gasteiger partial charge in [-0.25, -0.2) is 9.59 Å². The van der Waals surface area contributed by atoms with Crippen molar-refractivity contribution in [2.24, 2.45) is 10.9 Å². The maximum atomic E-state index is 10.6. The van der Waals surface area contributed by atoms with Crippen molar-refractivity contribution in [3.05, 3.63) is 0 Å². The van der Waals surface area contributed by atoms with Crippen molar-refractivity contribution < 1.29 is 14.7 Å². The Morgan fingerprint density at radius 2 is 2.55 bits per heavy atom. The Morgan fingerprint density at radius 1 is 1.91 bits per heavy atom. The van der Waals surface area contributed by atoms with Gasteiger partial charge in [0, 0.05) is 0 Å². The maximum Gasteiger partial charge on any atom is 0.332 e. The van der Waals surface area contributed by atoms with Crippen LogP contribution < -0.4 is 0 Å². The summed E-state index contributed by atoms with van der Waals surface area (Å²) in [5.74, 6) is -0.978. The number of carboxylic acid groups (broad SMARTS) is 1. The summed E-state index contributed by atoms with van der Waals surface area (Å²) < 4.78 is 0. The molecule has 0 aromatic rings. The lowest BCUT2D eigenvalue weighted by molar-refractivity contribution is -0.139. The lowest BCUT2D eigenvalue weighted by Crippen LogP contribution is -2.21. The summed E-state index contributed by atoms with van der Waals surface area (Å²) in [5.41, 5.74) is -1.11. The smallest absolute Gasteiger partial charge is 0.332 e. The van der Waals surface area contributed by atoms with E-state index in [1.54, 1.807) is 0 Å². The molecule has 1 aliphatic rings. The van der Waals surface area contributed by atoms with Crippen molar-refractivity contribution >= 4 is 12.0 Å². The van der Waals surface area contributed by atoms with E-state index in [1.807, 2.05) is 6.92 Å². The molecule has 1 saturated carbocycles. The summed E-state index contributed by atoms with van der Waals surface area (Å²) in [6.45, 7) is 1.88. The first-order valence-electron chi connectivity index (χ1n) is 3.49. The van der Waals surface area contributed by atoms with Gasteiger partial charge in [-0.15, -0.1) is 0 Å². The Labute approximate surface area is 63.9 Å². The van der Waals surface area contributed by atoms with Crippen LogP contribution in [0.1, 0.15) is 19.8 Å². The Morgan fingerprint density at radius 3 is 2.82 bits per heavy atom. The molecule has 0 radical (unpaired) electrons. The number of aliphatic imine (C=N–C) groups is 1. The van der Waals surface area contributed by atoms with Crippen LogP contribution in [-0.2, 0) is 9.59 Å². The SMILES string of the molecule is CCC1CC1(N=C=O)C(=O)O. The van der Waals surface area contributed by atoms with E-state index in [-0.39, 0.29) is 5.92 Å². The maximum absolute atomic E-state index is 10.6. The number of carboxylic acids is 1. The molecule has 0 aliphatic heterocycles. The second-order valence-corrected chi connectivity index (χ2v) is 2.74. The Kier molecular flexibility index (Phi) is 1.79. The molecule has 4 heteroatoms. The topological polar surface area (TPSA) is 66.7 Å². The van der Waals surface area contributed by atoms with Gasteiger partial charge in [0.2, 0.25) is 6.08 Å². The predicted octanol–water partition coefficient (Wildman–Crippen LogP) is 0.576. The fraction of sp³-hybridized carbons (Fsp3) is 0.714. The van der Waals surface area contributed by atoms with Crippen molar-refractivity contribution in [2.75, 3.05) is 0 Å². The van der Waals surface area contributed by atoms with Gasteiger partial charge in [-0.3, -0.25) is 0 Å². The van der Waals surface area contributed by atoms with Gasteiger partial charge in [0.05, 0.1) is 0 Å². The highest BCUT2D eigenvalue weighted by Crippen LogP contribution is 2.49. The van der Waals surface area contributed by atoms with Gasteiger partial charge in [-0.1, -0.05) is 13.3 Å². The normalized spacial score (nSPS) is 34.1. The third-order valence-electron chi connectivity index (χ3n) is 2.18. The zero-order valence-electron chi connectivity index (χ0n) is 6.20. The van der Waals surface area contributed by atoms with E-state index < -0.39 is 11.5 Å². The second-order valence-electron chi connectivity index (χ2n) is 2.74. The van der Waals surface area contributed by atoms with Crippen LogP contribution in [0.2, 0.25) is 0 Å². The van der Waals surface area contributed by atoms with E-state index in [2.05, 4.69) is 4.99 Å². The van der Waals surface area contributed by atoms with Crippen molar-refractivity contribution in [1.29, 1.82) is 0 Å². The summed E-state index contributed by atoms with van der Waals surface area (Å²) >= 11 is 0. The minimum atomic E-state index is -1.11. The molecule has 0 bridgehead atoms. The summed E-state index contributed by atoms with van der Waals surface area (Å²) in [4.78, 5) is 23.8. The molecule has 11 heavy (non-hydrogen) atoms. The van der Waals surface area contributed by atoms with E-state index in [4.69, 9.17) is 5.11 Å². The monoisotopic (exact) mass is 155 g/mol. The highest BCUT2D eigenvalue weighted by molar-refractivity contribution is 5.84. The molecule has 2 unspecified atom stereocenters. The highest BCUT2D eigenvalue weighted by atomic mass is 16.4. The molecule has 1 fully saturated rings. The molecule has 2 atom stereocenters. The van der Waals surface area contributed by atoms with Crippen LogP contribution in [0.25, 0.3) is 0 Å². The average Bonchev–Trinajstić information content (AvgIpc) is 2.65. The van der Waals surface area contributed by atoms with Crippen molar-refractivity contribution in [3.8, 4) is 0 Å². The summed E-state index contributed by atoms with van der Waals surface area (Å²) in [5, 5.41) is 8.66. The molecule has 0 spiro atoms. The summed E-state index contributed by atoms with van der Waals surface area (Å²) in [6, 6.07) is 0. The molecule has 0 aromatic heterocycles. The number of isocyanates is 1. The van der Waals surface area contributed by atoms with Crippen LogP contribution in [0.5, 0.6) is 0 Å². The summed E-state index contributed by atoms with van der Waals surface area (Å²) in [6.07, 6.45) is 2.54. The van der Waals surface area contributed by atoms with Crippen LogP contribution in [0.3, 0.4) is 0 Å². The van der Waals surface area contributed by atoms with Gasteiger partial charge in [0.15, 0.2) is 5.54 Å². The van der Waals surface area contributed by atoms with Crippen LogP contribution in [0, 0.1) is 5.92 Å². The van der Waals surface area contributed by atoms with Crippen LogP contribution in [0.15, 0.2) is 4.99 Å². The van der Waals surface area contributed by atoms with Gasteiger partial charge in [0.1, 0.15) is 0 Å². The number of hydrogen-bond donors (Lipinski definition) is 1. The van der Waals surface area contributed by atoms with Crippen LogP contribution in [-0.4, -0.2) is 22.7 Å². The van der Waals surface area contributed by atoms with Crippen LogP contribution in [0.4, 0.5) is 0 Å². The first-order chi connectivity index (χ1) is 5.17. The van der Waals surface area contributed by atoms with E-state index in [9.17, 15) is 9.59 Å². The highest BCUT2D eigenvalue weighted by Gasteiger charge is 2.60. The first-order valence-corrected chi connectivity index (χ1v) is 3.49. The molecular formula is C7H9NO3. The van der Waals surface area contributed by atoms with Crippen molar-refractivity contribution in [2.45, 2.75) is 25.3 Å². The lowest BCUT2D eigenvalue weighted by atomic mass is 10.2. The molecule has 4 nitrogen and oxygen atoms in total. The van der Waals surface area contributed by atoms with Gasteiger partial charge < -0.3 is 5.11 Å². The molecule has 0 amide bonds. The number of nitrogens with zero attached hydrogens (tertiary/aromatic N) is 1. The van der Waals surface area contributed by atoms with E-state index >= 15 is 0 Å². The van der Waals surface area contributed by atoms with E-state index in [0.717, 1.165) is 6.42 Å². The molecule has 60 valence electrons. The van der Waals surface area contributed by atoms with Crippen molar-refractivity contribution in [3.63, 3.8) is 0 Å². The average molecular weight is 155 g/mol.